The van der Waals surface area contributed by atoms with Crippen LogP contribution < -0.4 is 0 Å². The quantitative estimate of drug-likeness (QED) is 0.179. The summed E-state index contributed by atoms with van der Waals surface area (Å²) < 4.78 is 17.5. The van der Waals surface area contributed by atoms with E-state index in [1.165, 1.54) is 10.8 Å². The van der Waals surface area contributed by atoms with Gasteiger partial charge in [-0.1, -0.05) is 109 Å². The summed E-state index contributed by atoms with van der Waals surface area (Å²) in [5.74, 6) is 1.64. The summed E-state index contributed by atoms with van der Waals surface area (Å²) in [4.78, 5) is 15.6. The van der Waals surface area contributed by atoms with Gasteiger partial charge in [-0.25, -0.2) is 4.98 Å². The largest absolute Gasteiger partial charge is 0.456 e. The molecule has 0 saturated carbocycles. The smallest absolute Gasteiger partial charge is 0.238 e. The van der Waals surface area contributed by atoms with Crippen molar-refractivity contribution in [3.63, 3.8) is 0 Å². The molecule has 7 heteroatoms. The van der Waals surface area contributed by atoms with Crippen LogP contribution in [0.2, 0.25) is 0 Å². The van der Waals surface area contributed by atoms with Crippen LogP contribution in [0.3, 0.4) is 0 Å². The number of fused-ring (bicyclic) bond motifs is 12. The molecule has 0 aliphatic rings. The topological polar surface area (TPSA) is 74.8 Å². The first-order valence-corrected chi connectivity index (χ1v) is 19.4. The third-order valence-electron chi connectivity index (χ3n) is 11.6. The predicted octanol–water partition coefficient (Wildman–Crippen LogP) is 13.2. The highest BCUT2D eigenvalue weighted by Gasteiger charge is 2.21. The number of hydrogen-bond donors (Lipinski definition) is 0. The molecule has 0 aliphatic carbocycles. The fraction of sp³-hybridized carbons (Fsp3) is 0. The molecule has 270 valence electrons. The Morgan fingerprint density at radius 1 is 0.328 bits per heavy atom. The van der Waals surface area contributed by atoms with Crippen molar-refractivity contribution in [1.29, 1.82) is 0 Å². The maximum Gasteiger partial charge on any atom is 0.238 e. The molecule has 13 aromatic rings. The first-order valence-electron chi connectivity index (χ1n) is 19.4. The summed E-state index contributed by atoms with van der Waals surface area (Å²) in [5.41, 5.74) is 10.2. The van der Waals surface area contributed by atoms with Crippen molar-refractivity contribution in [3.05, 3.63) is 176 Å². The van der Waals surface area contributed by atoms with E-state index in [4.69, 9.17) is 23.8 Å². The van der Waals surface area contributed by atoms with Crippen molar-refractivity contribution >= 4 is 87.5 Å². The average molecular weight is 744 g/mol. The Morgan fingerprint density at radius 2 is 0.828 bits per heavy atom. The third-order valence-corrected chi connectivity index (χ3v) is 11.6. The van der Waals surface area contributed by atoms with Crippen LogP contribution >= 0.6 is 0 Å². The van der Waals surface area contributed by atoms with E-state index in [-0.39, 0.29) is 0 Å². The van der Waals surface area contributed by atoms with E-state index < -0.39 is 0 Å². The molecule has 7 nitrogen and oxygen atoms in total. The number of aromatic nitrogens is 5. The highest BCUT2D eigenvalue weighted by atomic mass is 16.3. The monoisotopic (exact) mass is 743 g/mol. The second-order valence-corrected chi connectivity index (χ2v) is 14.8. The lowest BCUT2D eigenvalue weighted by molar-refractivity contribution is 0.666. The molecule has 8 aromatic carbocycles. The number of para-hydroxylation sites is 6. The van der Waals surface area contributed by atoms with Crippen LogP contribution in [0.15, 0.2) is 185 Å². The van der Waals surface area contributed by atoms with Crippen molar-refractivity contribution in [1.82, 2.24) is 24.1 Å². The van der Waals surface area contributed by atoms with Crippen LogP contribution in [-0.2, 0) is 0 Å². The first kappa shape index (κ1) is 31.2. The zero-order valence-corrected chi connectivity index (χ0v) is 30.8. The predicted molar refractivity (Wildman–Crippen MR) is 234 cm³/mol. The van der Waals surface area contributed by atoms with Crippen molar-refractivity contribution in [3.8, 4) is 34.4 Å². The van der Waals surface area contributed by atoms with Crippen LogP contribution in [0, 0.1) is 0 Å². The number of benzene rings is 8. The maximum absolute atomic E-state index is 6.75. The van der Waals surface area contributed by atoms with Gasteiger partial charge < -0.3 is 13.4 Å². The molecule has 58 heavy (non-hydrogen) atoms. The van der Waals surface area contributed by atoms with E-state index in [0.717, 1.165) is 93.5 Å². The Bertz CT molecular complexity index is 3720. The van der Waals surface area contributed by atoms with Crippen molar-refractivity contribution in [2.24, 2.45) is 0 Å². The summed E-state index contributed by atoms with van der Waals surface area (Å²) in [5, 5.41) is 8.81. The van der Waals surface area contributed by atoms with E-state index in [1.807, 2.05) is 36.4 Å². The molecular formula is C51H29N5O2. The van der Waals surface area contributed by atoms with Gasteiger partial charge in [0.05, 0.1) is 27.8 Å². The first-order chi connectivity index (χ1) is 28.7. The molecular weight excluding hydrogens is 715 g/mol. The van der Waals surface area contributed by atoms with E-state index in [2.05, 4.69) is 149 Å². The van der Waals surface area contributed by atoms with E-state index in [1.54, 1.807) is 0 Å². The normalized spacial score (nSPS) is 12.1. The molecule has 5 heterocycles. The van der Waals surface area contributed by atoms with Gasteiger partial charge in [0.25, 0.3) is 0 Å². The lowest BCUT2D eigenvalue weighted by Crippen LogP contribution is -2.06. The Kier molecular flexibility index (Phi) is 6.32. The summed E-state index contributed by atoms with van der Waals surface area (Å²) in [6.45, 7) is 0. The molecule has 13 rings (SSSR count). The van der Waals surface area contributed by atoms with Gasteiger partial charge in [-0.05, 0) is 66.7 Å². The van der Waals surface area contributed by atoms with Gasteiger partial charge >= 0.3 is 0 Å². The van der Waals surface area contributed by atoms with Crippen LogP contribution in [0.5, 0.6) is 0 Å². The molecule has 0 unspecified atom stereocenters. The van der Waals surface area contributed by atoms with Gasteiger partial charge in [0.15, 0.2) is 17.2 Å². The lowest BCUT2D eigenvalue weighted by atomic mass is 10.1. The molecule has 0 N–H and O–H groups in total. The van der Waals surface area contributed by atoms with Gasteiger partial charge in [-0.15, -0.1) is 0 Å². The van der Waals surface area contributed by atoms with Crippen molar-refractivity contribution < 1.29 is 8.83 Å². The summed E-state index contributed by atoms with van der Waals surface area (Å²) in [6.07, 6.45) is 0. The van der Waals surface area contributed by atoms with Crippen LogP contribution in [0.1, 0.15) is 0 Å². The Labute approximate surface area is 329 Å². The van der Waals surface area contributed by atoms with Gasteiger partial charge in [-0.3, -0.25) is 4.57 Å². The molecule has 0 atom stereocenters. The van der Waals surface area contributed by atoms with Crippen LogP contribution in [0.25, 0.3) is 122 Å². The summed E-state index contributed by atoms with van der Waals surface area (Å²) in [6, 6.07) is 60.8. The summed E-state index contributed by atoms with van der Waals surface area (Å²) >= 11 is 0. The molecule has 0 fully saturated rings. The molecule has 0 spiro atoms. The van der Waals surface area contributed by atoms with Crippen molar-refractivity contribution in [2.45, 2.75) is 0 Å². The zero-order chi connectivity index (χ0) is 37.9. The second-order valence-electron chi connectivity index (χ2n) is 14.8. The van der Waals surface area contributed by atoms with Gasteiger partial charge in [0, 0.05) is 54.2 Å². The Balaban J connectivity index is 1.04. The van der Waals surface area contributed by atoms with Crippen LogP contribution in [0.4, 0.5) is 0 Å². The molecule has 0 amide bonds. The third kappa shape index (κ3) is 4.41. The van der Waals surface area contributed by atoms with E-state index >= 15 is 0 Å². The molecule has 0 saturated heterocycles. The SMILES string of the molecule is c1ccc2c(c1)oc1cc(-c3nc(-c4ccc5oc6c(-n7c8ccccc8c8ccccc87)cccc6c5c4)nc(-n4c5ccccc5c5ccccc54)n3)ccc12. The highest BCUT2D eigenvalue weighted by molar-refractivity contribution is 6.13. The maximum atomic E-state index is 6.75. The van der Waals surface area contributed by atoms with Crippen LogP contribution in [-0.4, -0.2) is 24.1 Å². The molecule has 0 bridgehead atoms. The molecule has 5 aromatic heterocycles. The zero-order valence-electron chi connectivity index (χ0n) is 30.8. The second kappa shape index (κ2) is 11.7. The van der Waals surface area contributed by atoms with E-state index in [0.29, 0.717) is 17.6 Å². The summed E-state index contributed by atoms with van der Waals surface area (Å²) in [7, 11) is 0. The molecule has 0 radical (unpaired) electrons. The van der Waals surface area contributed by atoms with Crippen molar-refractivity contribution in [2.75, 3.05) is 0 Å². The standard InChI is InChI=1S/C51H29N5O2/c1-6-18-40-32(12-1)33-13-2-7-19-41(33)55(40)44-22-11-17-38-39-28-30(25-27-46(39)58-48(38)44)49-52-50(31-24-26-37-36-16-5-10-23-45(36)57-47(37)29-31)54-51(53-49)56-42-20-8-3-14-34(42)35-15-4-9-21-43(35)56/h1-29H. The van der Waals surface area contributed by atoms with Gasteiger partial charge in [-0.2, -0.15) is 9.97 Å². The lowest BCUT2D eigenvalue weighted by Gasteiger charge is -2.11. The minimum Gasteiger partial charge on any atom is -0.456 e. The Morgan fingerprint density at radius 3 is 1.48 bits per heavy atom. The van der Waals surface area contributed by atoms with E-state index in [9.17, 15) is 0 Å². The number of furan rings is 2. The fourth-order valence-corrected chi connectivity index (χ4v) is 9.01. The van der Waals surface area contributed by atoms with Gasteiger partial charge in [0.2, 0.25) is 5.95 Å². The Hall–Kier alpha value is -8.03. The van der Waals surface area contributed by atoms with Gasteiger partial charge in [0.1, 0.15) is 16.7 Å². The number of nitrogens with zero attached hydrogens (tertiary/aromatic N) is 5. The molecule has 0 aliphatic heterocycles. The highest BCUT2D eigenvalue weighted by Crippen LogP contribution is 2.40. The minimum atomic E-state index is 0.535. The fourth-order valence-electron chi connectivity index (χ4n) is 9.01. The number of hydrogen-bond acceptors (Lipinski definition) is 5. The average Bonchev–Trinajstić information content (AvgIpc) is 4.03. The number of rotatable bonds is 4. The minimum absolute atomic E-state index is 0.535.